The molecule has 0 heterocycles. The molecule has 13 heavy (non-hydrogen) atoms. The number of Topliss-reactive ketones (excluding diaryl/α,β-unsaturated/α-hetero) is 1. The highest BCUT2D eigenvalue weighted by molar-refractivity contribution is 9.10. The first-order chi connectivity index (χ1) is 6.18. The van der Waals surface area contributed by atoms with E-state index in [9.17, 15) is 4.79 Å². The Kier molecular flexibility index (Phi) is 2.43. The Hall–Kier alpha value is -0.340. The number of benzene rings is 1. The number of carbonyl (C=O) groups is 1. The third-order valence-electron chi connectivity index (χ3n) is 2.33. The number of ketones is 1. The third-order valence-corrected chi connectivity index (χ3v) is 3.66. The largest absolute Gasteiger partial charge is 0.299 e. The first-order valence-electron chi connectivity index (χ1n) is 4.16. The van der Waals surface area contributed by atoms with Gasteiger partial charge in [-0.15, -0.1) is 0 Å². The molecule has 0 aliphatic heterocycles. The first kappa shape index (κ1) is 9.22. The van der Waals surface area contributed by atoms with Crippen LogP contribution in [0.1, 0.15) is 17.5 Å². The maximum Gasteiger partial charge on any atom is 0.137 e. The van der Waals surface area contributed by atoms with E-state index in [4.69, 9.17) is 11.6 Å². The summed E-state index contributed by atoms with van der Waals surface area (Å²) in [6, 6.07) is 3.88. The summed E-state index contributed by atoms with van der Waals surface area (Å²) in [5, 5.41) is 0.769. The van der Waals surface area contributed by atoms with E-state index in [-0.39, 0.29) is 0 Å². The second-order valence-electron chi connectivity index (χ2n) is 3.21. The molecule has 0 spiro atoms. The highest BCUT2D eigenvalue weighted by Gasteiger charge is 2.18. The summed E-state index contributed by atoms with van der Waals surface area (Å²) < 4.78 is 0.919. The topological polar surface area (TPSA) is 17.1 Å². The second kappa shape index (κ2) is 3.43. The summed E-state index contributed by atoms with van der Waals surface area (Å²) in [4.78, 5) is 11.2. The Bertz CT molecular complexity index is 373. The van der Waals surface area contributed by atoms with Crippen molar-refractivity contribution in [2.45, 2.75) is 19.3 Å². The molecule has 0 saturated carbocycles. The minimum absolute atomic E-state index is 0.311. The molecule has 0 atom stereocenters. The Morgan fingerprint density at radius 2 is 2.08 bits per heavy atom. The fraction of sp³-hybridized carbons (Fsp3) is 0.300. The summed E-state index contributed by atoms with van der Waals surface area (Å²) in [6.07, 6.45) is 1.96. The zero-order valence-corrected chi connectivity index (χ0v) is 9.28. The van der Waals surface area contributed by atoms with Gasteiger partial charge in [-0.3, -0.25) is 4.79 Å². The molecule has 1 aliphatic carbocycles. The average Bonchev–Trinajstić information content (AvgIpc) is 2.12. The van der Waals surface area contributed by atoms with Crippen LogP contribution in [0.25, 0.3) is 0 Å². The second-order valence-corrected chi connectivity index (χ2v) is 4.45. The molecule has 0 saturated heterocycles. The predicted octanol–water partition coefficient (Wildman–Crippen LogP) is 3.16. The van der Waals surface area contributed by atoms with Gasteiger partial charge in [0.25, 0.3) is 0 Å². The zero-order valence-electron chi connectivity index (χ0n) is 6.94. The van der Waals surface area contributed by atoms with E-state index >= 15 is 0 Å². The van der Waals surface area contributed by atoms with E-state index < -0.39 is 0 Å². The van der Waals surface area contributed by atoms with E-state index in [0.29, 0.717) is 18.6 Å². The van der Waals surface area contributed by atoms with Gasteiger partial charge in [0.1, 0.15) is 5.78 Å². The molecule has 0 N–H and O–H groups in total. The highest BCUT2D eigenvalue weighted by atomic mass is 79.9. The van der Waals surface area contributed by atoms with Gasteiger partial charge in [-0.25, -0.2) is 0 Å². The molecular formula is C10H8BrClO. The van der Waals surface area contributed by atoms with Gasteiger partial charge in [-0.05, 0) is 39.5 Å². The van der Waals surface area contributed by atoms with Crippen molar-refractivity contribution in [3.8, 4) is 0 Å². The number of carbonyl (C=O) groups excluding carboxylic acids is 1. The van der Waals surface area contributed by atoms with Crippen LogP contribution in [0.15, 0.2) is 16.6 Å². The van der Waals surface area contributed by atoms with Crippen LogP contribution in [0.2, 0.25) is 5.02 Å². The van der Waals surface area contributed by atoms with E-state index in [2.05, 4.69) is 15.9 Å². The van der Waals surface area contributed by atoms with Crippen molar-refractivity contribution >= 4 is 33.3 Å². The molecule has 2 rings (SSSR count). The SMILES string of the molecule is O=C1CCc2c(ccc(Br)c2Cl)C1. The summed E-state index contributed by atoms with van der Waals surface area (Å²) in [7, 11) is 0. The summed E-state index contributed by atoms with van der Waals surface area (Å²) in [5.41, 5.74) is 2.22. The molecule has 0 radical (unpaired) electrons. The van der Waals surface area contributed by atoms with E-state index in [0.717, 1.165) is 27.0 Å². The molecule has 1 nitrogen and oxygen atoms in total. The van der Waals surface area contributed by atoms with Crippen molar-refractivity contribution in [2.75, 3.05) is 0 Å². The molecule has 3 heteroatoms. The summed E-state index contributed by atoms with van der Waals surface area (Å²) in [6.45, 7) is 0. The lowest BCUT2D eigenvalue weighted by Crippen LogP contribution is -2.13. The summed E-state index contributed by atoms with van der Waals surface area (Å²) in [5.74, 6) is 0.311. The van der Waals surface area contributed by atoms with E-state index in [1.165, 1.54) is 0 Å². The van der Waals surface area contributed by atoms with Crippen molar-refractivity contribution < 1.29 is 4.79 Å². The predicted molar refractivity (Wildman–Crippen MR) is 56.2 cm³/mol. The van der Waals surface area contributed by atoms with Crippen LogP contribution in [0.3, 0.4) is 0 Å². The van der Waals surface area contributed by atoms with E-state index in [1.54, 1.807) is 0 Å². The lowest BCUT2D eigenvalue weighted by atomic mass is 9.91. The van der Waals surface area contributed by atoms with Crippen LogP contribution in [0, 0.1) is 0 Å². The fourth-order valence-corrected chi connectivity index (χ4v) is 2.28. The average molecular weight is 260 g/mol. The highest BCUT2D eigenvalue weighted by Crippen LogP contribution is 2.32. The Morgan fingerprint density at radius 1 is 1.31 bits per heavy atom. The maximum absolute atomic E-state index is 11.2. The zero-order chi connectivity index (χ0) is 9.42. The minimum atomic E-state index is 0.311. The van der Waals surface area contributed by atoms with E-state index in [1.807, 2.05) is 12.1 Å². The van der Waals surface area contributed by atoms with Crippen molar-refractivity contribution in [2.24, 2.45) is 0 Å². The molecule has 0 aromatic heterocycles. The van der Waals surface area contributed by atoms with Gasteiger partial charge in [0, 0.05) is 17.3 Å². The number of rotatable bonds is 0. The molecule has 1 aromatic carbocycles. The number of hydrogen-bond acceptors (Lipinski definition) is 1. The molecule has 0 bridgehead atoms. The molecule has 68 valence electrons. The van der Waals surface area contributed by atoms with Crippen LogP contribution < -0.4 is 0 Å². The molecule has 1 aromatic rings. The number of halogens is 2. The van der Waals surface area contributed by atoms with Gasteiger partial charge in [0.2, 0.25) is 0 Å². The van der Waals surface area contributed by atoms with Gasteiger partial charge >= 0.3 is 0 Å². The van der Waals surface area contributed by atoms with Crippen LogP contribution in [-0.4, -0.2) is 5.78 Å². The Balaban J connectivity index is 2.53. The van der Waals surface area contributed by atoms with Gasteiger partial charge < -0.3 is 0 Å². The van der Waals surface area contributed by atoms with Crippen LogP contribution in [0.5, 0.6) is 0 Å². The quantitative estimate of drug-likeness (QED) is 0.699. The van der Waals surface area contributed by atoms with Crippen molar-refractivity contribution in [3.63, 3.8) is 0 Å². The standard InChI is InChI=1S/C10H8BrClO/c11-9-4-1-6-5-7(13)2-3-8(6)10(9)12/h1,4H,2-3,5H2. The maximum atomic E-state index is 11.2. The number of hydrogen-bond donors (Lipinski definition) is 0. The van der Waals surface area contributed by atoms with Crippen LogP contribution in [-0.2, 0) is 17.6 Å². The monoisotopic (exact) mass is 258 g/mol. The van der Waals surface area contributed by atoms with Crippen molar-refractivity contribution in [1.82, 2.24) is 0 Å². The normalized spacial score (nSPS) is 15.7. The molecule has 1 aliphatic rings. The van der Waals surface area contributed by atoms with Crippen molar-refractivity contribution in [3.05, 3.63) is 32.8 Å². The van der Waals surface area contributed by atoms with Crippen LogP contribution >= 0.6 is 27.5 Å². The minimum Gasteiger partial charge on any atom is -0.299 e. The van der Waals surface area contributed by atoms with Gasteiger partial charge in [0.15, 0.2) is 0 Å². The van der Waals surface area contributed by atoms with Crippen LogP contribution in [0.4, 0.5) is 0 Å². The van der Waals surface area contributed by atoms with Crippen molar-refractivity contribution in [1.29, 1.82) is 0 Å². The van der Waals surface area contributed by atoms with Gasteiger partial charge in [-0.1, -0.05) is 17.7 Å². The Labute approximate surface area is 90.2 Å². The van der Waals surface area contributed by atoms with Gasteiger partial charge in [0.05, 0.1) is 5.02 Å². The molecule has 0 unspecified atom stereocenters. The molecule has 0 fully saturated rings. The fourth-order valence-electron chi connectivity index (χ4n) is 1.63. The summed E-state index contributed by atoms with van der Waals surface area (Å²) >= 11 is 9.47. The Morgan fingerprint density at radius 3 is 2.85 bits per heavy atom. The lowest BCUT2D eigenvalue weighted by molar-refractivity contribution is -0.118. The molecular weight excluding hydrogens is 251 g/mol. The lowest BCUT2D eigenvalue weighted by Gasteiger charge is -2.16. The number of fused-ring (bicyclic) bond motifs is 1. The third kappa shape index (κ3) is 1.65. The first-order valence-corrected chi connectivity index (χ1v) is 5.33. The smallest absolute Gasteiger partial charge is 0.137 e. The van der Waals surface area contributed by atoms with Gasteiger partial charge in [-0.2, -0.15) is 0 Å². The molecule has 0 amide bonds.